The van der Waals surface area contributed by atoms with E-state index in [4.69, 9.17) is 4.74 Å². The molecule has 190 valence electrons. The van der Waals surface area contributed by atoms with Crippen LogP contribution >= 0.6 is 0 Å². The third-order valence-corrected chi connectivity index (χ3v) is 6.26. The van der Waals surface area contributed by atoms with Crippen LogP contribution in [0.2, 0.25) is 0 Å². The number of hydrogen-bond donors (Lipinski definition) is 1. The highest BCUT2D eigenvalue weighted by atomic mass is 19.1. The van der Waals surface area contributed by atoms with Gasteiger partial charge in [0, 0.05) is 43.7 Å². The van der Waals surface area contributed by atoms with E-state index in [1.54, 1.807) is 38.7 Å². The van der Waals surface area contributed by atoms with Crippen LogP contribution in [0.5, 0.6) is 5.75 Å². The predicted octanol–water partition coefficient (Wildman–Crippen LogP) is 3.88. The van der Waals surface area contributed by atoms with Crippen molar-refractivity contribution in [3.05, 3.63) is 90.3 Å². The van der Waals surface area contributed by atoms with Crippen LogP contribution in [0.4, 0.5) is 16.2 Å². The molecule has 1 atom stereocenters. The lowest BCUT2D eigenvalue weighted by atomic mass is 10.0. The monoisotopic (exact) mass is 510 g/mol. The van der Waals surface area contributed by atoms with E-state index in [2.05, 4.69) is 35.8 Å². The van der Waals surface area contributed by atoms with Crippen molar-refractivity contribution in [1.82, 2.24) is 44.5 Å². The number of fused-ring (bicyclic) bond motifs is 1. The number of nitrogens with one attached hydrogen (secondary N) is 1. The van der Waals surface area contributed by atoms with Gasteiger partial charge in [-0.2, -0.15) is 10.2 Å². The minimum absolute atomic E-state index is 0.175. The zero-order valence-corrected chi connectivity index (χ0v) is 20.8. The Morgan fingerprint density at radius 3 is 2.61 bits per heavy atom. The summed E-state index contributed by atoms with van der Waals surface area (Å²) in [5.41, 5.74) is 4.56. The standard InChI is InChI=1S/C26H23FN10O/c1-35-15-18(14-30-35)25(17-5-7-23(38-3)19(27)12-17)37-22-6-4-16(13-21(22)33-34-37)20-8-10-28-26(31-20)32-24-9-11-29-36(24)2/h4-15,25H,1-3H3,(H,28,31,32)/t25-/m0/s1. The Morgan fingerprint density at radius 2 is 1.87 bits per heavy atom. The third kappa shape index (κ3) is 4.21. The van der Waals surface area contributed by atoms with Gasteiger partial charge in [-0.3, -0.25) is 9.36 Å². The second-order valence-corrected chi connectivity index (χ2v) is 8.71. The summed E-state index contributed by atoms with van der Waals surface area (Å²) in [6.45, 7) is 0. The van der Waals surface area contributed by atoms with Crippen molar-refractivity contribution in [2.24, 2.45) is 14.1 Å². The lowest BCUT2D eigenvalue weighted by Gasteiger charge is -2.18. The summed E-state index contributed by atoms with van der Waals surface area (Å²) in [6, 6.07) is 13.9. The number of methoxy groups -OCH3 is 1. The molecule has 0 saturated heterocycles. The minimum Gasteiger partial charge on any atom is -0.494 e. The van der Waals surface area contributed by atoms with Crippen LogP contribution in [0.1, 0.15) is 17.2 Å². The Bertz CT molecular complexity index is 1750. The number of nitrogens with zero attached hydrogens (tertiary/aromatic N) is 9. The molecule has 0 aliphatic rings. The van der Waals surface area contributed by atoms with Crippen LogP contribution in [0.15, 0.2) is 73.3 Å². The first-order valence-electron chi connectivity index (χ1n) is 11.8. The molecule has 4 heterocycles. The maximum Gasteiger partial charge on any atom is 0.228 e. The summed E-state index contributed by atoms with van der Waals surface area (Å²) in [5, 5.41) is 20.5. The van der Waals surface area contributed by atoms with E-state index in [9.17, 15) is 4.39 Å². The van der Waals surface area contributed by atoms with Crippen molar-refractivity contribution in [3.63, 3.8) is 0 Å². The summed E-state index contributed by atoms with van der Waals surface area (Å²) in [5.74, 6) is 0.948. The van der Waals surface area contributed by atoms with Crippen LogP contribution in [0, 0.1) is 5.82 Å². The fourth-order valence-electron chi connectivity index (χ4n) is 4.39. The number of ether oxygens (including phenoxy) is 1. The first-order chi connectivity index (χ1) is 18.5. The van der Waals surface area contributed by atoms with Crippen molar-refractivity contribution >= 4 is 22.8 Å². The number of anilines is 2. The Balaban J connectivity index is 1.39. The third-order valence-electron chi connectivity index (χ3n) is 6.26. The van der Waals surface area contributed by atoms with E-state index in [-0.39, 0.29) is 5.75 Å². The molecule has 0 radical (unpaired) electrons. The van der Waals surface area contributed by atoms with E-state index < -0.39 is 11.9 Å². The molecule has 12 heteroatoms. The predicted molar refractivity (Wildman–Crippen MR) is 138 cm³/mol. The lowest BCUT2D eigenvalue weighted by molar-refractivity contribution is 0.385. The SMILES string of the molecule is COc1ccc([C@@H](c2cnn(C)c2)n2nnc3cc(-c4ccnc(Nc5ccnn5C)n4)ccc32)cc1F. The van der Waals surface area contributed by atoms with E-state index in [0.29, 0.717) is 17.0 Å². The number of aromatic nitrogens is 9. The van der Waals surface area contributed by atoms with Gasteiger partial charge in [-0.1, -0.05) is 17.3 Å². The second kappa shape index (κ2) is 9.39. The van der Waals surface area contributed by atoms with Crippen molar-refractivity contribution in [1.29, 1.82) is 0 Å². The summed E-state index contributed by atoms with van der Waals surface area (Å²) in [4.78, 5) is 8.96. The van der Waals surface area contributed by atoms with Crippen LogP contribution < -0.4 is 10.1 Å². The molecule has 2 aromatic carbocycles. The van der Waals surface area contributed by atoms with Gasteiger partial charge < -0.3 is 10.1 Å². The highest BCUT2D eigenvalue weighted by molar-refractivity contribution is 5.81. The van der Waals surface area contributed by atoms with Crippen LogP contribution in [0.3, 0.4) is 0 Å². The first kappa shape index (κ1) is 23.3. The van der Waals surface area contributed by atoms with Crippen LogP contribution in [-0.4, -0.2) is 51.6 Å². The van der Waals surface area contributed by atoms with Gasteiger partial charge in [0.25, 0.3) is 0 Å². The zero-order chi connectivity index (χ0) is 26.2. The van der Waals surface area contributed by atoms with Crippen LogP contribution in [0.25, 0.3) is 22.3 Å². The van der Waals surface area contributed by atoms with Crippen molar-refractivity contribution in [2.45, 2.75) is 6.04 Å². The molecular formula is C26H23FN10O. The second-order valence-electron chi connectivity index (χ2n) is 8.71. The van der Waals surface area contributed by atoms with Gasteiger partial charge in [-0.25, -0.2) is 19.0 Å². The molecule has 0 unspecified atom stereocenters. The molecule has 6 rings (SSSR count). The van der Waals surface area contributed by atoms with E-state index >= 15 is 0 Å². The largest absolute Gasteiger partial charge is 0.494 e. The highest BCUT2D eigenvalue weighted by Gasteiger charge is 2.23. The smallest absolute Gasteiger partial charge is 0.228 e. The van der Waals surface area contributed by atoms with Gasteiger partial charge in [-0.15, -0.1) is 5.10 Å². The number of rotatable bonds is 7. The van der Waals surface area contributed by atoms with Gasteiger partial charge in [0.1, 0.15) is 17.4 Å². The molecule has 0 saturated carbocycles. The average Bonchev–Trinajstić information content (AvgIpc) is 3.65. The molecule has 1 N–H and O–H groups in total. The summed E-state index contributed by atoms with van der Waals surface area (Å²) in [6.07, 6.45) is 7.01. The first-order valence-corrected chi connectivity index (χ1v) is 11.8. The highest BCUT2D eigenvalue weighted by Crippen LogP contribution is 2.32. The topological polar surface area (TPSA) is 113 Å². The zero-order valence-electron chi connectivity index (χ0n) is 20.8. The number of halogens is 1. The molecule has 0 aliphatic carbocycles. The van der Waals surface area contributed by atoms with Gasteiger partial charge in [0.05, 0.1) is 30.7 Å². The Morgan fingerprint density at radius 1 is 0.974 bits per heavy atom. The molecule has 0 amide bonds. The van der Waals surface area contributed by atoms with Gasteiger partial charge in [0.15, 0.2) is 11.6 Å². The number of aryl methyl sites for hydroxylation is 2. The fraction of sp³-hybridized carbons (Fsp3) is 0.154. The Hall–Kier alpha value is -5.13. The summed E-state index contributed by atoms with van der Waals surface area (Å²) in [7, 11) is 5.11. The molecule has 0 spiro atoms. The lowest BCUT2D eigenvalue weighted by Crippen LogP contribution is -2.14. The van der Waals surface area contributed by atoms with Gasteiger partial charge >= 0.3 is 0 Å². The van der Waals surface area contributed by atoms with Gasteiger partial charge in [0.2, 0.25) is 5.95 Å². The summed E-state index contributed by atoms with van der Waals surface area (Å²) >= 11 is 0. The van der Waals surface area contributed by atoms with Crippen molar-refractivity contribution < 1.29 is 9.13 Å². The van der Waals surface area contributed by atoms with Crippen molar-refractivity contribution in [2.75, 3.05) is 12.4 Å². The van der Waals surface area contributed by atoms with E-state index in [1.807, 2.05) is 56.7 Å². The minimum atomic E-state index is -0.454. The molecular weight excluding hydrogens is 487 g/mol. The molecule has 0 aliphatic heterocycles. The average molecular weight is 511 g/mol. The Labute approximate surface area is 216 Å². The number of hydrogen-bond acceptors (Lipinski definition) is 8. The summed E-state index contributed by atoms with van der Waals surface area (Å²) < 4.78 is 25.0. The molecule has 0 fully saturated rings. The number of benzene rings is 2. The molecule has 4 aromatic heterocycles. The van der Waals surface area contributed by atoms with Crippen LogP contribution in [-0.2, 0) is 14.1 Å². The maximum atomic E-state index is 14.7. The van der Waals surface area contributed by atoms with Crippen molar-refractivity contribution in [3.8, 4) is 17.0 Å². The molecule has 0 bridgehead atoms. The van der Waals surface area contributed by atoms with E-state index in [1.165, 1.54) is 13.2 Å². The maximum absolute atomic E-state index is 14.7. The fourth-order valence-corrected chi connectivity index (χ4v) is 4.39. The molecule has 38 heavy (non-hydrogen) atoms. The normalized spacial score (nSPS) is 12.1. The Kier molecular flexibility index (Phi) is 5.75. The van der Waals surface area contributed by atoms with E-state index in [0.717, 1.165) is 28.2 Å². The quantitative estimate of drug-likeness (QED) is 0.344. The molecule has 6 aromatic rings. The molecule has 11 nitrogen and oxygen atoms in total. The van der Waals surface area contributed by atoms with Gasteiger partial charge in [-0.05, 0) is 35.9 Å².